The second-order valence-corrected chi connectivity index (χ2v) is 7.32. The fraction of sp³-hybridized carbons (Fsp3) is 0.769. The summed E-state index contributed by atoms with van der Waals surface area (Å²) < 4.78 is 5.47. The minimum absolute atomic E-state index is 0.134. The molecule has 1 aliphatic heterocycles. The number of allylic oxidation sites excluding steroid dienone is 1. The number of amides is 1. The highest BCUT2D eigenvalue weighted by Crippen LogP contribution is 2.40. The van der Waals surface area contributed by atoms with Crippen LogP contribution in [-0.4, -0.2) is 33.3 Å². The predicted octanol–water partition coefficient (Wildman–Crippen LogP) is 3.65. The molecule has 0 saturated carbocycles. The molecule has 0 N–H and O–H groups in total. The summed E-state index contributed by atoms with van der Waals surface area (Å²) in [7, 11) is 0. The number of hydrogen-bond acceptors (Lipinski definition) is 3. The van der Waals surface area contributed by atoms with Crippen LogP contribution in [0.1, 0.15) is 41.5 Å². The summed E-state index contributed by atoms with van der Waals surface area (Å²) in [6.45, 7) is 11.8. The zero-order valence-electron chi connectivity index (χ0n) is 11.6. The lowest BCUT2D eigenvalue weighted by Gasteiger charge is -2.35. The summed E-state index contributed by atoms with van der Waals surface area (Å²) in [5.74, 6) is 0.927. The van der Waals surface area contributed by atoms with Crippen LogP contribution in [0.2, 0.25) is 0 Å². The summed E-state index contributed by atoms with van der Waals surface area (Å²) in [5.41, 5.74) is -0.444. The van der Waals surface area contributed by atoms with Crippen molar-refractivity contribution in [2.75, 3.05) is 5.75 Å². The zero-order valence-corrected chi connectivity index (χ0v) is 12.4. The number of ether oxygens (including phenoxy) is 1. The first kappa shape index (κ1) is 14.4. The van der Waals surface area contributed by atoms with E-state index in [0.717, 1.165) is 5.75 Å². The molecule has 17 heavy (non-hydrogen) atoms. The van der Waals surface area contributed by atoms with Gasteiger partial charge in [-0.1, -0.05) is 12.2 Å². The van der Waals surface area contributed by atoms with Crippen LogP contribution in [0.4, 0.5) is 4.79 Å². The Morgan fingerprint density at radius 2 is 2.06 bits per heavy atom. The van der Waals surface area contributed by atoms with E-state index < -0.39 is 5.60 Å². The average molecular weight is 257 g/mol. The molecular weight excluding hydrogens is 234 g/mol. The van der Waals surface area contributed by atoms with Crippen LogP contribution >= 0.6 is 11.8 Å². The van der Waals surface area contributed by atoms with Gasteiger partial charge in [-0.2, -0.15) is 0 Å². The first-order valence-corrected chi connectivity index (χ1v) is 6.95. The molecule has 98 valence electrons. The van der Waals surface area contributed by atoms with Gasteiger partial charge in [0.25, 0.3) is 0 Å². The second kappa shape index (κ2) is 4.92. The lowest BCUT2D eigenvalue weighted by atomic mass is 10.2. The van der Waals surface area contributed by atoms with Crippen LogP contribution in [0, 0.1) is 0 Å². The third-order valence-corrected chi connectivity index (χ3v) is 3.94. The molecule has 0 aromatic heterocycles. The molecule has 1 rings (SSSR count). The van der Waals surface area contributed by atoms with Crippen LogP contribution in [0.5, 0.6) is 0 Å². The van der Waals surface area contributed by atoms with Gasteiger partial charge in [0.15, 0.2) is 0 Å². The maximum atomic E-state index is 12.2. The number of carbonyl (C=O) groups excluding carboxylic acids is 1. The fourth-order valence-electron chi connectivity index (χ4n) is 1.86. The van der Waals surface area contributed by atoms with E-state index >= 15 is 0 Å². The first-order chi connectivity index (χ1) is 7.67. The average Bonchev–Trinajstić information content (AvgIpc) is 2.39. The predicted molar refractivity (Wildman–Crippen MR) is 73.2 cm³/mol. The molecule has 0 radical (unpaired) electrons. The molecule has 0 aromatic carbocycles. The summed E-state index contributed by atoms with van der Waals surface area (Å²) in [5, 5.41) is 0. The third kappa shape index (κ3) is 3.66. The van der Waals surface area contributed by atoms with Crippen molar-refractivity contribution in [3.63, 3.8) is 0 Å². The van der Waals surface area contributed by atoms with E-state index in [4.69, 9.17) is 4.74 Å². The molecule has 1 amide bonds. The smallest absolute Gasteiger partial charge is 0.411 e. The van der Waals surface area contributed by atoms with E-state index in [2.05, 4.69) is 19.9 Å². The van der Waals surface area contributed by atoms with Gasteiger partial charge in [-0.25, -0.2) is 4.79 Å². The van der Waals surface area contributed by atoms with E-state index in [9.17, 15) is 4.79 Å². The Labute approximate surface area is 109 Å². The van der Waals surface area contributed by atoms with Crippen molar-refractivity contribution in [3.8, 4) is 0 Å². The highest BCUT2D eigenvalue weighted by atomic mass is 32.2. The zero-order chi connectivity index (χ0) is 13.3. The number of carbonyl (C=O) groups is 1. The van der Waals surface area contributed by atoms with Crippen molar-refractivity contribution in [1.29, 1.82) is 0 Å². The van der Waals surface area contributed by atoms with Gasteiger partial charge in [0.05, 0.1) is 10.9 Å². The SMILES string of the molecule is C/C=C\[C@H]1CSC(C)(C)N1C(=O)OC(C)(C)C. The van der Waals surface area contributed by atoms with Gasteiger partial charge in [0.1, 0.15) is 5.60 Å². The molecule has 0 aromatic rings. The van der Waals surface area contributed by atoms with Gasteiger partial charge in [0, 0.05) is 5.75 Å². The molecule has 0 bridgehead atoms. The van der Waals surface area contributed by atoms with Crippen LogP contribution < -0.4 is 0 Å². The van der Waals surface area contributed by atoms with E-state index in [1.165, 1.54) is 0 Å². The Hall–Kier alpha value is -0.640. The molecule has 1 heterocycles. The number of rotatable bonds is 1. The van der Waals surface area contributed by atoms with Crippen LogP contribution in [0.3, 0.4) is 0 Å². The van der Waals surface area contributed by atoms with Crippen molar-refractivity contribution in [2.24, 2.45) is 0 Å². The number of hydrogen-bond donors (Lipinski definition) is 0. The third-order valence-electron chi connectivity index (χ3n) is 2.52. The van der Waals surface area contributed by atoms with Gasteiger partial charge in [-0.3, -0.25) is 4.90 Å². The Kier molecular flexibility index (Phi) is 4.18. The van der Waals surface area contributed by atoms with Gasteiger partial charge < -0.3 is 4.74 Å². The highest BCUT2D eigenvalue weighted by molar-refractivity contribution is 8.00. The largest absolute Gasteiger partial charge is 0.444 e. The minimum atomic E-state index is -0.444. The second-order valence-electron chi connectivity index (χ2n) is 5.70. The molecule has 1 fully saturated rings. The van der Waals surface area contributed by atoms with Crippen molar-refractivity contribution in [3.05, 3.63) is 12.2 Å². The van der Waals surface area contributed by atoms with Crippen LogP contribution in [0.15, 0.2) is 12.2 Å². The summed E-state index contributed by atoms with van der Waals surface area (Å²) in [6, 6.07) is 0.134. The van der Waals surface area contributed by atoms with E-state index in [1.54, 1.807) is 11.8 Å². The molecule has 0 aliphatic carbocycles. The number of nitrogens with zero attached hydrogens (tertiary/aromatic N) is 1. The van der Waals surface area contributed by atoms with Crippen molar-refractivity contribution in [1.82, 2.24) is 4.90 Å². The monoisotopic (exact) mass is 257 g/mol. The van der Waals surface area contributed by atoms with Crippen molar-refractivity contribution in [2.45, 2.75) is 58.1 Å². The van der Waals surface area contributed by atoms with E-state index in [1.807, 2.05) is 38.7 Å². The van der Waals surface area contributed by atoms with Gasteiger partial charge in [-0.15, -0.1) is 11.8 Å². The quantitative estimate of drug-likeness (QED) is 0.672. The van der Waals surface area contributed by atoms with Gasteiger partial charge in [-0.05, 0) is 41.5 Å². The molecule has 1 aliphatic rings. The number of thioether (sulfide) groups is 1. The van der Waals surface area contributed by atoms with Crippen LogP contribution in [-0.2, 0) is 4.74 Å². The Morgan fingerprint density at radius 3 is 2.53 bits per heavy atom. The summed E-state index contributed by atoms with van der Waals surface area (Å²) >= 11 is 1.78. The van der Waals surface area contributed by atoms with E-state index in [-0.39, 0.29) is 17.0 Å². The molecular formula is C13H23NO2S. The first-order valence-electron chi connectivity index (χ1n) is 5.96. The maximum Gasteiger partial charge on any atom is 0.411 e. The van der Waals surface area contributed by atoms with Gasteiger partial charge >= 0.3 is 6.09 Å². The molecule has 3 nitrogen and oxygen atoms in total. The molecule has 1 saturated heterocycles. The minimum Gasteiger partial charge on any atom is -0.444 e. The Morgan fingerprint density at radius 1 is 1.47 bits per heavy atom. The summed E-state index contributed by atoms with van der Waals surface area (Å²) in [6.07, 6.45) is 3.82. The summed E-state index contributed by atoms with van der Waals surface area (Å²) in [4.78, 5) is 13.9. The molecule has 0 spiro atoms. The topological polar surface area (TPSA) is 29.5 Å². The molecule has 0 unspecified atom stereocenters. The van der Waals surface area contributed by atoms with Crippen molar-refractivity contribution < 1.29 is 9.53 Å². The lowest BCUT2D eigenvalue weighted by Crippen LogP contribution is -2.48. The van der Waals surface area contributed by atoms with Crippen LogP contribution in [0.25, 0.3) is 0 Å². The molecule has 1 atom stereocenters. The van der Waals surface area contributed by atoms with E-state index in [0.29, 0.717) is 0 Å². The van der Waals surface area contributed by atoms with Gasteiger partial charge in [0.2, 0.25) is 0 Å². The maximum absolute atomic E-state index is 12.2. The Balaban J connectivity index is 2.86. The molecule has 4 heteroatoms. The van der Waals surface area contributed by atoms with Crippen molar-refractivity contribution >= 4 is 17.9 Å². The fourth-order valence-corrected chi connectivity index (χ4v) is 3.05. The highest BCUT2D eigenvalue weighted by Gasteiger charge is 2.43. The standard InChI is InChI=1S/C13H23NO2S/c1-7-8-10-9-17-13(5,6)14(10)11(15)16-12(2,3)4/h7-8,10H,9H2,1-6H3/b8-7-/t10-/m0/s1. The normalized spacial score (nSPS) is 24.4. The lowest BCUT2D eigenvalue weighted by molar-refractivity contribution is 0.0138. The Bertz CT molecular complexity index is 318.